The van der Waals surface area contributed by atoms with E-state index in [1.165, 1.54) is 7.05 Å². The molecule has 0 saturated carbocycles. The van der Waals surface area contributed by atoms with Crippen LogP contribution < -0.4 is 16.2 Å². The zero-order chi connectivity index (χ0) is 20.8. The van der Waals surface area contributed by atoms with Gasteiger partial charge in [0, 0.05) is 13.6 Å². The van der Waals surface area contributed by atoms with E-state index in [9.17, 15) is 14.4 Å². The Kier molecular flexibility index (Phi) is 6.66. The van der Waals surface area contributed by atoms with Crippen LogP contribution in [0.1, 0.15) is 24.2 Å². The molecule has 3 rings (SSSR count). The number of urea groups is 1. The molecule has 0 fully saturated rings. The van der Waals surface area contributed by atoms with Crippen LogP contribution in [-0.2, 0) is 11.3 Å². The van der Waals surface area contributed by atoms with Crippen molar-refractivity contribution in [3.63, 3.8) is 0 Å². The lowest BCUT2D eigenvalue weighted by molar-refractivity contribution is -0.119. The normalized spacial score (nSPS) is 11.8. The summed E-state index contributed by atoms with van der Waals surface area (Å²) in [5.74, 6) is -0.481. The Labute approximate surface area is 172 Å². The Morgan fingerprint density at radius 2 is 1.79 bits per heavy atom. The van der Waals surface area contributed by atoms with Crippen LogP contribution in [0.3, 0.4) is 0 Å². The predicted molar refractivity (Wildman–Crippen MR) is 114 cm³/mol. The van der Waals surface area contributed by atoms with Gasteiger partial charge in [0.1, 0.15) is 5.25 Å². The molecule has 8 heteroatoms. The SMILES string of the molecule is CCCn1c(S[C@@H](C(=O)NC(=O)NC)c2ccccc2)nc2ccccc2c1=O. The summed E-state index contributed by atoms with van der Waals surface area (Å²) < 4.78 is 1.59. The van der Waals surface area contributed by atoms with E-state index >= 15 is 0 Å². The number of imide groups is 1. The third-order valence-electron chi connectivity index (χ3n) is 4.30. The van der Waals surface area contributed by atoms with Gasteiger partial charge in [-0.05, 0) is 24.1 Å². The smallest absolute Gasteiger partial charge is 0.321 e. The Morgan fingerprint density at radius 1 is 1.10 bits per heavy atom. The lowest BCUT2D eigenvalue weighted by Crippen LogP contribution is -2.39. The number of benzene rings is 2. The van der Waals surface area contributed by atoms with Crippen molar-refractivity contribution in [2.45, 2.75) is 30.3 Å². The van der Waals surface area contributed by atoms with Crippen molar-refractivity contribution in [2.75, 3.05) is 7.05 Å². The van der Waals surface area contributed by atoms with E-state index in [1.54, 1.807) is 22.8 Å². The molecule has 1 atom stereocenters. The van der Waals surface area contributed by atoms with Crippen LogP contribution in [0.2, 0.25) is 0 Å². The van der Waals surface area contributed by atoms with E-state index in [4.69, 9.17) is 0 Å². The molecule has 2 N–H and O–H groups in total. The van der Waals surface area contributed by atoms with E-state index in [0.29, 0.717) is 28.2 Å². The molecular formula is C21H22N4O3S. The molecule has 0 aliphatic rings. The molecule has 0 radical (unpaired) electrons. The van der Waals surface area contributed by atoms with Gasteiger partial charge in [0.15, 0.2) is 5.16 Å². The lowest BCUT2D eigenvalue weighted by atomic mass is 10.1. The summed E-state index contributed by atoms with van der Waals surface area (Å²) in [6.45, 7) is 2.46. The van der Waals surface area contributed by atoms with E-state index in [1.807, 2.05) is 43.3 Å². The molecule has 0 saturated heterocycles. The number of aromatic nitrogens is 2. The zero-order valence-electron chi connectivity index (χ0n) is 16.2. The van der Waals surface area contributed by atoms with Gasteiger partial charge in [0.25, 0.3) is 5.56 Å². The number of hydrogen-bond acceptors (Lipinski definition) is 5. The molecule has 1 heterocycles. The van der Waals surface area contributed by atoms with E-state index < -0.39 is 17.2 Å². The number of carbonyl (C=O) groups is 2. The molecule has 0 aliphatic heterocycles. The minimum Gasteiger partial charge on any atom is -0.341 e. The summed E-state index contributed by atoms with van der Waals surface area (Å²) in [5, 5.41) is 4.94. The summed E-state index contributed by atoms with van der Waals surface area (Å²) in [5.41, 5.74) is 1.15. The maximum Gasteiger partial charge on any atom is 0.321 e. The lowest BCUT2D eigenvalue weighted by Gasteiger charge is -2.19. The fourth-order valence-corrected chi connectivity index (χ4v) is 4.03. The Balaban J connectivity index is 2.08. The molecule has 150 valence electrons. The molecule has 0 aliphatic carbocycles. The van der Waals surface area contributed by atoms with Crippen LogP contribution >= 0.6 is 11.8 Å². The number of nitrogens with one attached hydrogen (secondary N) is 2. The van der Waals surface area contributed by atoms with Gasteiger partial charge in [0.2, 0.25) is 5.91 Å². The van der Waals surface area contributed by atoms with Gasteiger partial charge in [-0.3, -0.25) is 19.5 Å². The monoisotopic (exact) mass is 410 g/mol. The van der Waals surface area contributed by atoms with Crippen molar-refractivity contribution >= 4 is 34.6 Å². The average Bonchev–Trinajstić information content (AvgIpc) is 2.75. The fourth-order valence-electron chi connectivity index (χ4n) is 2.90. The van der Waals surface area contributed by atoms with Crippen molar-refractivity contribution in [1.82, 2.24) is 20.2 Å². The second kappa shape index (κ2) is 9.38. The van der Waals surface area contributed by atoms with Crippen molar-refractivity contribution in [3.05, 3.63) is 70.5 Å². The Hall–Kier alpha value is -3.13. The predicted octanol–water partition coefficient (Wildman–Crippen LogP) is 3.10. The standard InChI is InChI=1S/C21H22N4O3S/c1-3-13-25-19(27)15-11-7-8-12-16(15)23-21(25)29-17(14-9-5-4-6-10-14)18(26)24-20(28)22-2/h4-12,17H,3,13H2,1-2H3,(H2,22,24,26,28)/t17-/m1/s1. The van der Waals surface area contributed by atoms with Crippen molar-refractivity contribution in [3.8, 4) is 0 Å². The highest BCUT2D eigenvalue weighted by atomic mass is 32.2. The first-order valence-electron chi connectivity index (χ1n) is 9.29. The maximum atomic E-state index is 13.0. The highest BCUT2D eigenvalue weighted by Crippen LogP contribution is 2.34. The highest BCUT2D eigenvalue weighted by Gasteiger charge is 2.26. The number of nitrogens with zero attached hydrogens (tertiary/aromatic N) is 2. The Bertz CT molecular complexity index is 1080. The maximum absolute atomic E-state index is 13.0. The largest absolute Gasteiger partial charge is 0.341 e. The van der Waals surface area contributed by atoms with Gasteiger partial charge in [0.05, 0.1) is 10.9 Å². The molecule has 3 aromatic rings. The molecule has 0 spiro atoms. The fraction of sp³-hybridized carbons (Fsp3) is 0.238. The number of fused-ring (bicyclic) bond motifs is 1. The van der Waals surface area contributed by atoms with E-state index in [2.05, 4.69) is 15.6 Å². The van der Waals surface area contributed by atoms with Gasteiger partial charge in [-0.25, -0.2) is 9.78 Å². The molecule has 29 heavy (non-hydrogen) atoms. The first kappa shape index (κ1) is 20.6. The van der Waals surface area contributed by atoms with E-state index in [-0.39, 0.29) is 5.56 Å². The number of thioether (sulfide) groups is 1. The van der Waals surface area contributed by atoms with Crippen LogP contribution in [-0.4, -0.2) is 28.5 Å². The summed E-state index contributed by atoms with van der Waals surface area (Å²) in [4.78, 5) is 42.2. The first-order chi connectivity index (χ1) is 14.0. The van der Waals surface area contributed by atoms with Crippen molar-refractivity contribution < 1.29 is 9.59 Å². The van der Waals surface area contributed by atoms with Crippen LogP contribution in [0.25, 0.3) is 10.9 Å². The quantitative estimate of drug-likeness (QED) is 0.481. The zero-order valence-corrected chi connectivity index (χ0v) is 17.0. The van der Waals surface area contributed by atoms with Crippen LogP contribution in [0.5, 0.6) is 0 Å². The van der Waals surface area contributed by atoms with Gasteiger partial charge in [-0.2, -0.15) is 0 Å². The number of hydrogen-bond donors (Lipinski definition) is 2. The minimum atomic E-state index is -0.746. The van der Waals surface area contributed by atoms with Crippen molar-refractivity contribution in [2.24, 2.45) is 0 Å². The molecule has 7 nitrogen and oxygen atoms in total. The van der Waals surface area contributed by atoms with Gasteiger partial charge < -0.3 is 5.32 Å². The highest BCUT2D eigenvalue weighted by molar-refractivity contribution is 8.00. The van der Waals surface area contributed by atoms with Gasteiger partial charge in [-0.15, -0.1) is 0 Å². The summed E-state index contributed by atoms with van der Waals surface area (Å²) >= 11 is 1.16. The molecule has 3 amide bonds. The van der Waals surface area contributed by atoms with Crippen LogP contribution in [0.15, 0.2) is 64.5 Å². The summed E-state index contributed by atoms with van der Waals surface area (Å²) in [7, 11) is 1.44. The molecule has 0 bridgehead atoms. The van der Waals surface area contributed by atoms with E-state index in [0.717, 1.165) is 18.2 Å². The number of para-hydroxylation sites is 1. The molecule has 0 unspecified atom stereocenters. The van der Waals surface area contributed by atoms with Crippen LogP contribution in [0.4, 0.5) is 4.79 Å². The molecule has 2 aromatic carbocycles. The average molecular weight is 410 g/mol. The molecule has 1 aromatic heterocycles. The molecular weight excluding hydrogens is 388 g/mol. The van der Waals surface area contributed by atoms with Crippen LogP contribution in [0, 0.1) is 0 Å². The Morgan fingerprint density at radius 3 is 2.48 bits per heavy atom. The number of carbonyl (C=O) groups excluding carboxylic acids is 2. The third-order valence-corrected chi connectivity index (χ3v) is 5.55. The minimum absolute atomic E-state index is 0.140. The van der Waals surface area contributed by atoms with Gasteiger partial charge in [-0.1, -0.05) is 61.2 Å². The first-order valence-corrected chi connectivity index (χ1v) is 10.2. The second-order valence-corrected chi connectivity index (χ2v) is 7.42. The van der Waals surface area contributed by atoms with Crippen molar-refractivity contribution in [1.29, 1.82) is 0 Å². The summed E-state index contributed by atoms with van der Waals surface area (Å²) in [6.07, 6.45) is 0.744. The topological polar surface area (TPSA) is 93.1 Å². The number of amides is 3. The van der Waals surface area contributed by atoms with Gasteiger partial charge >= 0.3 is 6.03 Å². The third kappa shape index (κ3) is 4.65. The number of rotatable bonds is 6. The second-order valence-electron chi connectivity index (χ2n) is 6.35. The summed E-state index contributed by atoms with van der Waals surface area (Å²) in [6, 6.07) is 15.7.